The molecule has 3 aromatic heterocycles. The number of aromatic nitrogens is 1. The van der Waals surface area contributed by atoms with Crippen molar-refractivity contribution in [2.24, 2.45) is 0 Å². The molecule has 2 aromatic carbocycles. The zero-order chi connectivity index (χ0) is 39.1. The van der Waals surface area contributed by atoms with Crippen LogP contribution in [0, 0.1) is 0 Å². The van der Waals surface area contributed by atoms with Gasteiger partial charge in [-0.15, -0.1) is 22.7 Å². The summed E-state index contributed by atoms with van der Waals surface area (Å²) in [6.45, 7) is 1.05. The maximum atomic E-state index is 13.3. The van der Waals surface area contributed by atoms with Crippen LogP contribution in [0.5, 0.6) is 11.5 Å². The van der Waals surface area contributed by atoms with Gasteiger partial charge in [0, 0.05) is 48.8 Å². The first-order valence-corrected chi connectivity index (χ1v) is 19.9. The Kier molecular flexibility index (Phi) is 13.1. The molecule has 1 saturated carbocycles. The van der Waals surface area contributed by atoms with Crippen LogP contribution in [0.4, 0.5) is 10.5 Å². The van der Waals surface area contributed by atoms with Crippen molar-refractivity contribution < 1.29 is 39.1 Å². The Bertz CT molecular complexity index is 2100. The Morgan fingerprint density at radius 1 is 1.05 bits per heavy atom. The number of H-pyrrole nitrogens is 1. The highest BCUT2D eigenvalue weighted by atomic mass is 35.5. The number of benzene rings is 2. The second kappa shape index (κ2) is 18.0. The van der Waals surface area contributed by atoms with Crippen molar-refractivity contribution in [3.8, 4) is 11.5 Å². The Morgan fingerprint density at radius 2 is 1.76 bits per heavy atom. The van der Waals surface area contributed by atoms with Crippen LogP contribution in [-0.2, 0) is 26.4 Å². The minimum Gasteiger partial charge on any atom is -0.506 e. The number of likely N-dealkylation sites (N-methyl/N-ethyl adjacent to an activating group) is 1. The summed E-state index contributed by atoms with van der Waals surface area (Å²) in [5.41, 5.74) is -0.400. The number of aliphatic hydroxyl groups is 2. The SMILES string of the molecule is COc1cc(NC(=O)OCCN(C)C2CCC(OC(=O)C(O)(c3cccs3)c3cccs3)CC2)c(Cl)cc1CNC[C@@H](O)c1cc(O)c2[nH]c(=O)ccc2c1. The fourth-order valence-corrected chi connectivity index (χ4v) is 8.63. The van der Waals surface area contributed by atoms with Crippen LogP contribution in [0.1, 0.15) is 52.7 Å². The Balaban J connectivity index is 0.933. The highest BCUT2D eigenvalue weighted by molar-refractivity contribution is 7.12. The van der Waals surface area contributed by atoms with Crippen LogP contribution < -0.4 is 20.9 Å². The predicted octanol–water partition coefficient (Wildman–Crippen LogP) is 6.11. The molecule has 1 atom stereocenters. The molecule has 0 unspecified atom stereocenters. The number of amides is 1. The summed E-state index contributed by atoms with van der Waals surface area (Å²) in [6.07, 6.45) is 0.928. The molecule has 16 heteroatoms. The Labute approximate surface area is 330 Å². The second-order valence-electron chi connectivity index (χ2n) is 13.4. The summed E-state index contributed by atoms with van der Waals surface area (Å²) in [5.74, 6) is -0.339. The van der Waals surface area contributed by atoms with Gasteiger partial charge in [0.15, 0.2) is 0 Å². The topological polar surface area (TPSA) is 183 Å². The highest BCUT2D eigenvalue weighted by Crippen LogP contribution is 2.38. The van der Waals surface area contributed by atoms with Gasteiger partial charge in [-0.25, -0.2) is 9.59 Å². The van der Waals surface area contributed by atoms with E-state index in [-0.39, 0.29) is 48.2 Å². The molecule has 13 nitrogen and oxygen atoms in total. The molecule has 55 heavy (non-hydrogen) atoms. The van der Waals surface area contributed by atoms with Gasteiger partial charge in [0.25, 0.3) is 0 Å². The predicted molar refractivity (Wildman–Crippen MR) is 212 cm³/mol. The number of aliphatic hydroxyl groups excluding tert-OH is 1. The Hall–Kier alpha value is -4.48. The number of aromatic hydroxyl groups is 1. The molecule has 5 aromatic rings. The van der Waals surface area contributed by atoms with Crippen LogP contribution in [0.25, 0.3) is 10.9 Å². The lowest BCUT2D eigenvalue weighted by Gasteiger charge is -2.35. The summed E-state index contributed by atoms with van der Waals surface area (Å²) in [4.78, 5) is 43.4. The van der Waals surface area contributed by atoms with Crippen molar-refractivity contribution in [1.29, 1.82) is 0 Å². The van der Waals surface area contributed by atoms with E-state index >= 15 is 0 Å². The Morgan fingerprint density at radius 3 is 2.42 bits per heavy atom. The second-order valence-corrected chi connectivity index (χ2v) is 15.7. The third-order valence-corrected chi connectivity index (χ3v) is 12.0. The van der Waals surface area contributed by atoms with Gasteiger partial charge in [-0.2, -0.15) is 0 Å². The van der Waals surface area contributed by atoms with Gasteiger partial charge in [-0.05, 0) is 85.5 Å². The first-order valence-electron chi connectivity index (χ1n) is 17.7. The molecular weight excluding hydrogens is 768 g/mol. The number of halogens is 1. The number of pyridine rings is 1. The van der Waals surface area contributed by atoms with Crippen LogP contribution in [0.3, 0.4) is 0 Å². The number of carbonyl (C=O) groups is 2. The van der Waals surface area contributed by atoms with E-state index in [9.17, 15) is 29.7 Å². The molecule has 1 aliphatic rings. The van der Waals surface area contributed by atoms with E-state index < -0.39 is 23.8 Å². The van der Waals surface area contributed by atoms with E-state index in [0.717, 1.165) is 12.8 Å². The number of ether oxygens (including phenoxy) is 3. The summed E-state index contributed by atoms with van der Waals surface area (Å²) < 4.78 is 16.9. The molecule has 0 bridgehead atoms. The van der Waals surface area contributed by atoms with E-state index in [1.165, 1.54) is 41.9 Å². The van der Waals surface area contributed by atoms with Crippen LogP contribution in [0.15, 0.2) is 76.2 Å². The largest absolute Gasteiger partial charge is 0.506 e. The van der Waals surface area contributed by atoms with Gasteiger partial charge >= 0.3 is 12.1 Å². The van der Waals surface area contributed by atoms with E-state index in [2.05, 4.69) is 20.5 Å². The van der Waals surface area contributed by atoms with Crippen molar-refractivity contribution in [2.45, 2.75) is 56.1 Å². The van der Waals surface area contributed by atoms with Crippen molar-refractivity contribution in [3.05, 3.63) is 108 Å². The fraction of sp³-hybridized carbons (Fsp3) is 0.359. The standard InChI is InChI=1S/C39H43ClN4O9S2/c1-44(26-8-10-27(11-9-26)53-37(48)39(50,33-5-3-15-54-33)34-6-4-16-55-34)13-14-52-38(49)42-29-20-32(51-2)25(18-28(29)40)21-41-22-31(46)24-17-23-7-12-35(47)43-36(23)30(45)19-24/h3-7,12,15-20,26-27,31,41,45-46,50H,8-11,13-14,21-22H2,1-2H3,(H,42,49)(H,43,47)/t26?,27?,31-/m1/s1. The lowest BCUT2D eigenvalue weighted by molar-refractivity contribution is -0.169. The highest BCUT2D eigenvalue weighted by Gasteiger charge is 2.45. The maximum Gasteiger partial charge on any atom is 0.411 e. The minimum atomic E-state index is -1.83. The molecule has 0 aliphatic heterocycles. The molecule has 6 N–H and O–H groups in total. The molecule has 1 amide bonds. The number of fused-ring (bicyclic) bond motifs is 1. The number of rotatable bonds is 15. The summed E-state index contributed by atoms with van der Waals surface area (Å²) in [5, 5.41) is 43.0. The van der Waals surface area contributed by atoms with Crippen molar-refractivity contribution in [3.63, 3.8) is 0 Å². The van der Waals surface area contributed by atoms with Gasteiger partial charge in [-0.1, -0.05) is 23.7 Å². The van der Waals surface area contributed by atoms with Gasteiger partial charge in [-0.3, -0.25) is 10.1 Å². The molecule has 3 heterocycles. The molecular formula is C39H43ClN4O9S2. The zero-order valence-electron chi connectivity index (χ0n) is 30.2. The normalized spacial score (nSPS) is 16.5. The van der Waals surface area contributed by atoms with Gasteiger partial charge in [0.1, 0.15) is 24.2 Å². The van der Waals surface area contributed by atoms with Gasteiger partial charge in [0.2, 0.25) is 11.2 Å². The van der Waals surface area contributed by atoms with Gasteiger partial charge in [0.05, 0.1) is 39.2 Å². The molecule has 0 spiro atoms. The first-order chi connectivity index (χ1) is 26.5. The lowest BCUT2D eigenvalue weighted by atomic mass is 9.91. The van der Waals surface area contributed by atoms with Crippen LogP contribution in [0.2, 0.25) is 5.02 Å². The van der Waals surface area contributed by atoms with E-state index in [4.69, 9.17) is 25.8 Å². The van der Waals surface area contributed by atoms with Crippen LogP contribution in [-0.4, -0.2) is 83.3 Å². The molecule has 0 radical (unpaired) electrons. The fourth-order valence-electron chi connectivity index (χ4n) is 6.68. The molecule has 292 valence electrons. The number of methoxy groups -OCH3 is 1. The van der Waals surface area contributed by atoms with E-state index in [0.29, 0.717) is 62.6 Å². The summed E-state index contributed by atoms with van der Waals surface area (Å²) >= 11 is 9.15. The molecule has 1 aliphatic carbocycles. The van der Waals surface area contributed by atoms with Crippen molar-refractivity contribution in [2.75, 3.05) is 39.2 Å². The smallest absolute Gasteiger partial charge is 0.411 e. The number of hydrogen-bond acceptors (Lipinski definition) is 13. The first kappa shape index (κ1) is 40.2. The number of hydrogen-bond donors (Lipinski definition) is 6. The minimum absolute atomic E-state index is 0.137. The number of phenolic OH excluding ortho intramolecular Hbond substituents is 1. The number of anilines is 1. The number of nitrogens with one attached hydrogen (secondary N) is 3. The van der Waals surface area contributed by atoms with E-state index in [1.54, 1.807) is 48.5 Å². The van der Waals surface area contributed by atoms with Crippen LogP contribution >= 0.6 is 34.3 Å². The molecule has 6 rings (SSSR count). The quantitative estimate of drug-likeness (QED) is 0.0671. The third-order valence-electron chi connectivity index (χ3n) is 9.75. The summed E-state index contributed by atoms with van der Waals surface area (Å²) in [6, 6.07) is 16.6. The average molecular weight is 811 g/mol. The zero-order valence-corrected chi connectivity index (χ0v) is 32.6. The van der Waals surface area contributed by atoms with Crippen molar-refractivity contribution >= 4 is 62.9 Å². The number of esters is 1. The third kappa shape index (κ3) is 9.50. The molecule has 0 saturated heterocycles. The average Bonchev–Trinajstić information content (AvgIpc) is 3.92. The monoisotopic (exact) mass is 810 g/mol. The maximum absolute atomic E-state index is 13.3. The number of phenols is 1. The van der Waals surface area contributed by atoms with Gasteiger partial charge < -0.3 is 44.7 Å². The number of thiophene rings is 2. The number of carbonyl (C=O) groups excluding carboxylic acids is 2. The number of aromatic amines is 1. The van der Waals surface area contributed by atoms with Crippen molar-refractivity contribution in [1.82, 2.24) is 15.2 Å². The molecule has 1 fully saturated rings. The lowest BCUT2D eigenvalue weighted by Crippen LogP contribution is -2.42. The summed E-state index contributed by atoms with van der Waals surface area (Å²) in [7, 11) is 3.46. The number of nitrogens with zero attached hydrogens (tertiary/aromatic N) is 1. The van der Waals surface area contributed by atoms with E-state index in [1.807, 2.05) is 17.8 Å².